The molecule has 1 amide bonds. The maximum Gasteiger partial charge on any atom is 0.295 e. The zero-order chi connectivity index (χ0) is 16.1. The fourth-order valence-corrected chi connectivity index (χ4v) is 1.85. The first kappa shape index (κ1) is 18.5. The van der Waals surface area contributed by atoms with Crippen molar-refractivity contribution in [1.82, 2.24) is 20.1 Å². The number of nitrogens with one attached hydrogen (secondary N) is 1. The number of hydrogen-bond donors (Lipinski definition) is 2. The van der Waals surface area contributed by atoms with Gasteiger partial charge in [0.1, 0.15) is 18.3 Å². The van der Waals surface area contributed by atoms with Crippen LogP contribution in [0.3, 0.4) is 0 Å². The number of aromatic nitrogens is 3. The molecule has 2 aromatic rings. The van der Waals surface area contributed by atoms with Crippen LogP contribution < -0.4 is 11.1 Å². The van der Waals surface area contributed by atoms with E-state index < -0.39 is 4.92 Å². The number of carbonyl (C=O) groups is 1. The number of nitrogens with two attached hydrogens (primary N) is 1. The summed E-state index contributed by atoms with van der Waals surface area (Å²) in [7, 11) is 0. The van der Waals surface area contributed by atoms with Gasteiger partial charge in [-0.3, -0.25) is 14.9 Å². The van der Waals surface area contributed by atoms with Crippen LogP contribution in [-0.2, 0) is 0 Å². The Labute approximate surface area is 138 Å². The van der Waals surface area contributed by atoms with Crippen molar-refractivity contribution in [3.8, 4) is 5.69 Å². The molecule has 0 aliphatic rings. The number of nitro groups is 1. The van der Waals surface area contributed by atoms with Gasteiger partial charge in [0.05, 0.1) is 4.92 Å². The molecule has 1 aromatic carbocycles. The van der Waals surface area contributed by atoms with E-state index in [0.717, 1.165) is 0 Å². The van der Waals surface area contributed by atoms with Crippen molar-refractivity contribution in [2.45, 2.75) is 19.4 Å². The summed E-state index contributed by atoms with van der Waals surface area (Å²) >= 11 is 0. The largest absolute Gasteiger partial charge is 0.352 e. The SMILES string of the molecule is CC(N)CCNC(=O)c1ccc(-n2cncn2)c([N+](=O)[O-])c1.Cl. The van der Waals surface area contributed by atoms with Crippen LogP contribution in [0.5, 0.6) is 0 Å². The molecule has 0 aliphatic carbocycles. The van der Waals surface area contributed by atoms with Gasteiger partial charge in [-0.2, -0.15) is 5.10 Å². The molecule has 2 rings (SSSR count). The third-order valence-electron chi connectivity index (χ3n) is 2.99. The van der Waals surface area contributed by atoms with Gasteiger partial charge >= 0.3 is 0 Å². The van der Waals surface area contributed by atoms with Crippen LogP contribution in [0.4, 0.5) is 5.69 Å². The molecule has 124 valence electrons. The Hall–Kier alpha value is -2.52. The van der Waals surface area contributed by atoms with Crippen molar-refractivity contribution >= 4 is 24.0 Å². The van der Waals surface area contributed by atoms with E-state index in [0.29, 0.717) is 13.0 Å². The second-order valence-corrected chi connectivity index (χ2v) is 4.82. The molecule has 1 atom stereocenters. The van der Waals surface area contributed by atoms with E-state index in [1.807, 2.05) is 6.92 Å². The zero-order valence-corrected chi connectivity index (χ0v) is 13.2. The van der Waals surface area contributed by atoms with Crippen molar-refractivity contribution in [2.24, 2.45) is 5.73 Å². The lowest BCUT2D eigenvalue weighted by atomic mass is 10.1. The zero-order valence-electron chi connectivity index (χ0n) is 12.4. The normalized spacial score (nSPS) is 11.4. The maximum atomic E-state index is 12.0. The predicted molar refractivity (Wildman–Crippen MR) is 85.9 cm³/mol. The minimum Gasteiger partial charge on any atom is -0.352 e. The Kier molecular flexibility index (Phi) is 6.61. The topological polar surface area (TPSA) is 129 Å². The highest BCUT2D eigenvalue weighted by Crippen LogP contribution is 2.23. The monoisotopic (exact) mass is 340 g/mol. The van der Waals surface area contributed by atoms with Crippen molar-refractivity contribution in [2.75, 3.05) is 6.54 Å². The lowest BCUT2D eigenvalue weighted by Crippen LogP contribution is -2.29. The number of nitro benzene ring substituents is 1. The second kappa shape index (κ2) is 8.20. The van der Waals surface area contributed by atoms with Crippen molar-refractivity contribution in [1.29, 1.82) is 0 Å². The highest BCUT2D eigenvalue weighted by Gasteiger charge is 2.19. The van der Waals surface area contributed by atoms with Gasteiger partial charge in [-0.15, -0.1) is 12.4 Å². The molecule has 0 bridgehead atoms. The number of rotatable bonds is 6. The predicted octanol–water partition coefficient (Wildman–Crippen LogP) is 1.06. The van der Waals surface area contributed by atoms with Gasteiger partial charge in [-0.1, -0.05) is 0 Å². The summed E-state index contributed by atoms with van der Waals surface area (Å²) in [6, 6.07) is 4.17. The molecule has 0 fully saturated rings. The van der Waals surface area contributed by atoms with Gasteiger partial charge < -0.3 is 11.1 Å². The molecule has 0 saturated carbocycles. The van der Waals surface area contributed by atoms with Gasteiger partial charge in [0, 0.05) is 24.2 Å². The van der Waals surface area contributed by atoms with E-state index in [-0.39, 0.29) is 41.3 Å². The Morgan fingerprint density at radius 2 is 2.26 bits per heavy atom. The van der Waals surface area contributed by atoms with Gasteiger partial charge in [0.15, 0.2) is 0 Å². The van der Waals surface area contributed by atoms with Crippen LogP contribution in [0.2, 0.25) is 0 Å². The Morgan fingerprint density at radius 3 is 2.83 bits per heavy atom. The van der Waals surface area contributed by atoms with Crippen molar-refractivity contribution < 1.29 is 9.72 Å². The molecule has 0 radical (unpaired) electrons. The van der Waals surface area contributed by atoms with E-state index in [1.54, 1.807) is 0 Å². The molecule has 1 heterocycles. The average Bonchev–Trinajstić information content (AvgIpc) is 3.00. The van der Waals surface area contributed by atoms with Crippen LogP contribution in [0.25, 0.3) is 5.69 Å². The quantitative estimate of drug-likeness (QED) is 0.597. The first-order valence-electron chi connectivity index (χ1n) is 6.66. The van der Waals surface area contributed by atoms with Gasteiger partial charge in [0.2, 0.25) is 0 Å². The summed E-state index contributed by atoms with van der Waals surface area (Å²) in [5.41, 5.74) is 5.84. The highest BCUT2D eigenvalue weighted by molar-refractivity contribution is 5.95. The van der Waals surface area contributed by atoms with Crippen molar-refractivity contribution in [3.63, 3.8) is 0 Å². The first-order chi connectivity index (χ1) is 10.5. The molecule has 10 heteroatoms. The first-order valence-corrected chi connectivity index (χ1v) is 6.66. The van der Waals surface area contributed by atoms with Gasteiger partial charge in [0.25, 0.3) is 11.6 Å². The summed E-state index contributed by atoms with van der Waals surface area (Å²) in [6.07, 6.45) is 3.26. The number of benzene rings is 1. The van der Waals surface area contributed by atoms with Crippen LogP contribution in [-0.4, -0.2) is 38.2 Å². The number of nitrogens with zero attached hydrogens (tertiary/aromatic N) is 4. The number of carbonyl (C=O) groups excluding carboxylic acids is 1. The van der Waals surface area contributed by atoms with Crippen LogP contribution >= 0.6 is 12.4 Å². The molecule has 0 aliphatic heterocycles. The third kappa shape index (κ3) is 4.73. The van der Waals surface area contributed by atoms with Crippen LogP contribution in [0, 0.1) is 10.1 Å². The summed E-state index contributed by atoms with van der Waals surface area (Å²) in [4.78, 5) is 26.4. The number of halogens is 1. The highest BCUT2D eigenvalue weighted by atomic mass is 35.5. The Balaban J connectivity index is 0.00000264. The van der Waals surface area contributed by atoms with Gasteiger partial charge in [-0.25, -0.2) is 9.67 Å². The minimum atomic E-state index is -0.560. The Morgan fingerprint density at radius 1 is 1.52 bits per heavy atom. The van der Waals surface area contributed by atoms with E-state index in [2.05, 4.69) is 15.4 Å². The molecule has 9 nitrogen and oxygen atoms in total. The molecule has 1 unspecified atom stereocenters. The number of hydrogen-bond acceptors (Lipinski definition) is 6. The maximum absolute atomic E-state index is 12.0. The van der Waals surface area contributed by atoms with Crippen LogP contribution in [0.15, 0.2) is 30.9 Å². The lowest BCUT2D eigenvalue weighted by molar-refractivity contribution is -0.384. The summed E-state index contributed by atoms with van der Waals surface area (Å²) in [5.74, 6) is -0.381. The van der Waals surface area contributed by atoms with E-state index in [9.17, 15) is 14.9 Å². The second-order valence-electron chi connectivity index (χ2n) is 4.82. The standard InChI is InChI=1S/C13H16N6O3.ClH/c1-9(14)4-5-16-13(20)10-2-3-11(12(6-10)19(21)22)18-8-15-7-17-18;/h2-3,6-9H,4-5,14H2,1H3,(H,16,20);1H. The molecule has 0 saturated heterocycles. The Bertz CT molecular complexity index is 674. The summed E-state index contributed by atoms with van der Waals surface area (Å²) < 4.78 is 1.27. The fraction of sp³-hybridized carbons (Fsp3) is 0.308. The smallest absolute Gasteiger partial charge is 0.295 e. The average molecular weight is 341 g/mol. The molecule has 3 N–H and O–H groups in total. The van der Waals surface area contributed by atoms with E-state index in [1.165, 1.54) is 35.5 Å². The van der Waals surface area contributed by atoms with Crippen LogP contribution in [0.1, 0.15) is 23.7 Å². The molecule has 23 heavy (non-hydrogen) atoms. The van der Waals surface area contributed by atoms with Crippen molar-refractivity contribution in [3.05, 3.63) is 46.5 Å². The molecule has 1 aromatic heterocycles. The summed E-state index contributed by atoms with van der Waals surface area (Å²) in [5, 5.41) is 17.7. The molecular formula is C13H17ClN6O3. The number of amides is 1. The van der Waals surface area contributed by atoms with E-state index >= 15 is 0 Å². The molecular weight excluding hydrogens is 324 g/mol. The summed E-state index contributed by atoms with van der Waals surface area (Å²) in [6.45, 7) is 2.25. The minimum absolute atomic E-state index is 0. The van der Waals surface area contributed by atoms with Gasteiger partial charge in [-0.05, 0) is 25.5 Å². The fourth-order valence-electron chi connectivity index (χ4n) is 1.85. The molecule has 0 spiro atoms. The third-order valence-corrected chi connectivity index (χ3v) is 2.99. The lowest BCUT2D eigenvalue weighted by Gasteiger charge is -2.08. The van der Waals surface area contributed by atoms with E-state index in [4.69, 9.17) is 5.73 Å².